The standard InChI is InChI=1S/C16H16N/c1-3-7-14(8-4-1)11-12-17-13-16(17)15-9-5-2-6-10-15/h1-11,16H,12-13H2. The summed E-state index contributed by atoms with van der Waals surface area (Å²) >= 11 is 0. The van der Waals surface area contributed by atoms with Crippen molar-refractivity contribution >= 4 is 0 Å². The quantitative estimate of drug-likeness (QED) is 0.717. The number of hydrogen-bond donors (Lipinski definition) is 0. The second-order valence-electron chi connectivity index (χ2n) is 4.50. The van der Waals surface area contributed by atoms with Crippen molar-refractivity contribution < 1.29 is 0 Å². The minimum Gasteiger partial charge on any atom is -0.293 e. The highest BCUT2D eigenvalue weighted by Crippen LogP contribution is 2.34. The van der Waals surface area contributed by atoms with Crippen LogP contribution >= 0.6 is 0 Å². The lowest BCUT2D eigenvalue weighted by Crippen LogP contribution is -2.02. The zero-order valence-corrected chi connectivity index (χ0v) is 9.79. The fourth-order valence-electron chi connectivity index (χ4n) is 2.18. The summed E-state index contributed by atoms with van der Waals surface area (Å²) in [6, 6.07) is 21.9. The lowest BCUT2D eigenvalue weighted by Gasteiger charge is -2.03. The van der Waals surface area contributed by atoms with Gasteiger partial charge in [0, 0.05) is 25.6 Å². The number of rotatable bonds is 4. The van der Waals surface area contributed by atoms with Gasteiger partial charge < -0.3 is 0 Å². The minimum atomic E-state index is 0.635. The van der Waals surface area contributed by atoms with E-state index < -0.39 is 0 Å². The summed E-state index contributed by atoms with van der Waals surface area (Å²) in [5.41, 5.74) is 2.75. The van der Waals surface area contributed by atoms with E-state index in [0.29, 0.717) is 6.04 Å². The van der Waals surface area contributed by atoms with Crippen molar-refractivity contribution in [2.75, 3.05) is 13.1 Å². The summed E-state index contributed by atoms with van der Waals surface area (Å²) in [6.07, 6.45) is 2.29. The summed E-state index contributed by atoms with van der Waals surface area (Å²) in [5, 5.41) is 0. The van der Waals surface area contributed by atoms with Crippen LogP contribution < -0.4 is 0 Å². The van der Waals surface area contributed by atoms with E-state index in [-0.39, 0.29) is 0 Å². The van der Waals surface area contributed by atoms with Gasteiger partial charge in [-0.05, 0) is 11.1 Å². The highest BCUT2D eigenvalue weighted by atomic mass is 15.3. The fraction of sp³-hybridized carbons (Fsp3) is 0.188. The Kier molecular flexibility index (Phi) is 2.93. The minimum absolute atomic E-state index is 0.635. The molecule has 0 amide bonds. The number of nitrogens with zero attached hydrogens (tertiary/aromatic N) is 1. The monoisotopic (exact) mass is 222 g/mol. The topological polar surface area (TPSA) is 3.01 Å². The van der Waals surface area contributed by atoms with Crippen LogP contribution in [0.2, 0.25) is 0 Å². The Labute approximate surface area is 103 Å². The smallest absolute Gasteiger partial charge is 0.0476 e. The predicted octanol–water partition coefficient (Wildman–Crippen LogP) is 3.30. The van der Waals surface area contributed by atoms with Crippen molar-refractivity contribution in [2.24, 2.45) is 0 Å². The van der Waals surface area contributed by atoms with Crippen LogP contribution in [0, 0.1) is 6.42 Å². The first-order valence-electron chi connectivity index (χ1n) is 6.11. The Morgan fingerprint density at radius 1 is 0.941 bits per heavy atom. The Bertz CT molecular complexity index is 463. The molecule has 1 aliphatic heterocycles. The van der Waals surface area contributed by atoms with Crippen LogP contribution in [0.3, 0.4) is 0 Å². The maximum atomic E-state index is 2.47. The van der Waals surface area contributed by atoms with Gasteiger partial charge in [0.15, 0.2) is 0 Å². The molecule has 1 heterocycles. The van der Waals surface area contributed by atoms with Gasteiger partial charge >= 0.3 is 0 Å². The van der Waals surface area contributed by atoms with E-state index in [0.717, 1.165) is 6.54 Å². The molecule has 1 radical (unpaired) electrons. The Hall–Kier alpha value is -1.60. The van der Waals surface area contributed by atoms with Crippen molar-refractivity contribution in [1.29, 1.82) is 0 Å². The van der Waals surface area contributed by atoms with Crippen molar-refractivity contribution in [1.82, 2.24) is 4.90 Å². The van der Waals surface area contributed by atoms with Crippen LogP contribution in [-0.4, -0.2) is 18.0 Å². The SMILES string of the molecule is [CH](CN1CC1c1ccccc1)c1ccccc1. The van der Waals surface area contributed by atoms with Crippen LogP contribution in [0.1, 0.15) is 17.2 Å². The van der Waals surface area contributed by atoms with Gasteiger partial charge in [0.05, 0.1) is 0 Å². The molecule has 3 rings (SSSR count). The summed E-state index contributed by atoms with van der Waals surface area (Å²) in [6.45, 7) is 2.23. The molecule has 2 unspecified atom stereocenters. The molecule has 0 spiro atoms. The van der Waals surface area contributed by atoms with E-state index >= 15 is 0 Å². The molecule has 0 aliphatic carbocycles. The fourth-order valence-corrected chi connectivity index (χ4v) is 2.18. The summed E-state index contributed by atoms with van der Waals surface area (Å²) in [7, 11) is 0. The zero-order chi connectivity index (χ0) is 11.5. The molecule has 1 aliphatic rings. The van der Waals surface area contributed by atoms with Gasteiger partial charge in [-0.3, -0.25) is 4.90 Å². The molecule has 1 heteroatoms. The molecule has 2 aromatic carbocycles. The Morgan fingerprint density at radius 3 is 2.29 bits per heavy atom. The number of benzene rings is 2. The van der Waals surface area contributed by atoms with Gasteiger partial charge in [-0.25, -0.2) is 0 Å². The molecule has 1 saturated heterocycles. The van der Waals surface area contributed by atoms with Crippen molar-refractivity contribution in [3.05, 3.63) is 78.2 Å². The molecule has 85 valence electrons. The molecule has 2 atom stereocenters. The molecule has 0 bridgehead atoms. The maximum Gasteiger partial charge on any atom is 0.0476 e. The third kappa shape index (κ3) is 2.56. The first-order valence-corrected chi connectivity index (χ1v) is 6.11. The largest absolute Gasteiger partial charge is 0.293 e. The van der Waals surface area contributed by atoms with Crippen LogP contribution in [0.4, 0.5) is 0 Å². The van der Waals surface area contributed by atoms with E-state index in [4.69, 9.17) is 0 Å². The van der Waals surface area contributed by atoms with Crippen LogP contribution in [-0.2, 0) is 0 Å². The highest BCUT2D eigenvalue weighted by molar-refractivity contribution is 5.27. The van der Waals surface area contributed by atoms with Gasteiger partial charge in [-0.1, -0.05) is 60.7 Å². The molecule has 0 aromatic heterocycles. The van der Waals surface area contributed by atoms with Gasteiger partial charge in [0.25, 0.3) is 0 Å². The summed E-state index contributed by atoms with van der Waals surface area (Å²) in [4.78, 5) is 2.47. The average Bonchev–Trinajstić information content (AvgIpc) is 3.18. The summed E-state index contributed by atoms with van der Waals surface area (Å²) in [5.74, 6) is 0. The Morgan fingerprint density at radius 2 is 1.59 bits per heavy atom. The number of hydrogen-bond acceptors (Lipinski definition) is 1. The van der Waals surface area contributed by atoms with Gasteiger partial charge in [0.1, 0.15) is 0 Å². The molecular weight excluding hydrogens is 206 g/mol. The van der Waals surface area contributed by atoms with Gasteiger partial charge in [-0.2, -0.15) is 0 Å². The lowest BCUT2D eigenvalue weighted by molar-refractivity contribution is 0.558. The predicted molar refractivity (Wildman–Crippen MR) is 70.6 cm³/mol. The third-order valence-electron chi connectivity index (χ3n) is 3.26. The molecule has 17 heavy (non-hydrogen) atoms. The van der Waals surface area contributed by atoms with E-state index in [1.54, 1.807) is 0 Å². The van der Waals surface area contributed by atoms with Crippen LogP contribution in [0.5, 0.6) is 0 Å². The zero-order valence-electron chi connectivity index (χ0n) is 9.79. The van der Waals surface area contributed by atoms with Crippen molar-refractivity contribution in [3.63, 3.8) is 0 Å². The van der Waals surface area contributed by atoms with Gasteiger partial charge in [-0.15, -0.1) is 0 Å². The first-order chi connectivity index (χ1) is 8.43. The molecule has 0 N–H and O–H groups in total. The maximum absolute atomic E-state index is 2.47. The van der Waals surface area contributed by atoms with Crippen LogP contribution in [0.15, 0.2) is 60.7 Å². The molecule has 2 aromatic rings. The van der Waals surface area contributed by atoms with E-state index in [1.807, 2.05) is 0 Å². The molecular formula is C16H16N. The van der Waals surface area contributed by atoms with Crippen LogP contribution in [0.25, 0.3) is 0 Å². The third-order valence-corrected chi connectivity index (χ3v) is 3.26. The van der Waals surface area contributed by atoms with E-state index in [1.165, 1.54) is 17.7 Å². The molecule has 0 saturated carbocycles. The Balaban J connectivity index is 1.53. The van der Waals surface area contributed by atoms with E-state index in [2.05, 4.69) is 72.0 Å². The lowest BCUT2D eigenvalue weighted by atomic mass is 10.1. The van der Waals surface area contributed by atoms with Crippen molar-refractivity contribution in [2.45, 2.75) is 6.04 Å². The van der Waals surface area contributed by atoms with Crippen molar-refractivity contribution in [3.8, 4) is 0 Å². The normalized spacial score (nSPS) is 22.4. The second kappa shape index (κ2) is 4.72. The van der Waals surface area contributed by atoms with E-state index in [9.17, 15) is 0 Å². The summed E-state index contributed by atoms with van der Waals surface area (Å²) < 4.78 is 0. The highest BCUT2D eigenvalue weighted by Gasteiger charge is 2.34. The average molecular weight is 222 g/mol. The van der Waals surface area contributed by atoms with Gasteiger partial charge in [0.2, 0.25) is 0 Å². The second-order valence-corrected chi connectivity index (χ2v) is 4.50. The molecule has 1 fully saturated rings. The first kappa shape index (κ1) is 10.5. The molecule has 1 nitrogen and oxygen atoms in total.